The maximum atomic E-state index is 12.8. The van der Waals surface area contributed by atoms with Crippen molar-refractivity contribution in [1.82, 2.24) is 9.78 Å². The summed E-state index contributed by atoms with van der Waals surface area (Å²) in [5.41, 5.74) is 3.13. The average molecular weight is 407 g/mol. The van der Waals surface area contributed by atoms with E-state index in [0.717, 1.165) is 22.0 Å². The van der Waals surface area contributed by atoms with Gasteiger partial charge in [0.1, 0.15) is 24.0 Å². The molecule has 0 spiro atoms. The van der Waals surface area contributed by atoms with E-state index in [2.05, 4.69) is 23.3 Å². The lowest BCUT2D eigenvalue weighted by Gasteiger charge is -2.11. The SMILES string of the molecule is Cc1cc(C)n(C(=O)/C(C#N)=C/c2ccccc2OCc2cccc3ccccc23)n1. The van der Waals surface area contributed by atoms with Crippen molar-refractivity contribution in [2.24, 2.45) is 0 Å². The number of nitriles is 1. The van der Waals surface area contributed by atoms with Crippen molar-refractivity contribution in [1.29, 1.82) is 5.26 Å². The van der Waals surface area contributed by atoms with Crippen LogP contribution in [0.5, 0.6) is 5.75 Å². The Balaban J connectivity index is 1.63. The molecule has 0 fully saturated rings. The Kier molecular flexibility index (Phi) is 5.63. The van der Waals surface area contributed by atoms with Crippen LogP contribution in [0.2, 0.25) is 0 Å². The number of carbonyl (C=O) groups is 1. The highest BCUT2D eigenvalue weighted by Crippen LogP contribution is 2.25. The zero-order chi connectivity index (χ0) is 21.8. The molecule has 0 N–H and O–H groups in total. The second kappa shape index (κ2) is 8.68. The summed E-state index contributed by atoms with van der Waals surface area (Å²) in [6, 6.07) is 25.4. The third-order valence-electron chi connectivity index (χ3n) is 5.03. The van der Waals surface area contributed by atoms with Crippen LogP contribution >= 0.6 is 0 Å². The molecule has 0 atom stereocenters. The standard InChI is InChI=1S/C26H21N3O2/c1-18-14-19(2)29(28-18)26(30)23(16-27)15-21-9-4-6-13-25(21)31-17-22-11-7-10-20-8-3-5-12-24(20)22/h3-15H,17H2,1-2H3/b23-15+. The molecule has 4 aromatic rings. The van der Waals surface area contributed by atoms with Gasteiger partial charge in [0.15, 0.2) is 0 Å². The molecule has 4 rings (SSSR count). The van der Waals surface area contributed by atoms with Gasteiger partial charge in [-0.1, -0.05) is 60.7 Å². The van der Waals surface area contributed by atoms with E-state index >= 15 is 0 Å². The van der Waals surface area contributed by atoms with Gasteiger partial charge >= 0.3 is 0 Å². The van der Waals surface area contributed by atoms with Crippen LogP contribution in [0.1, 0.15) is 27.3 Å². The van der Waals surface area contributed by atoms with E-state index < -0.39 is 5.91 Å². The van der Waals surface area contributed by atoms with Gasteiger partial charge in [-0.3, -0.25) is 4.79 Å². The summed E-state index contributed by atoms with van der Waals surface area (Å²) in [4.78, 5) is 12.8. The first-order chi connectivity index (χ1) is 15.1. The molecule has 5 heteroatoms. The molecular weight excluding hydrogens is 386 g/mol. The van der Waals surface area contributed by atoms with Crippen LogP contribution in [-0.2, 0) is 6.61 Å². The Morgan fingerprint density at radius 1 is 1.06 bits per heavy atom. The summed E-state index contributed by atoms with van der Waals surface area (Å²) in [7, 11) is 0. The summed E-state index contributed by atoms with van der Waals surface area (Å²) in [6.45, 7) is 3.97. The number of fused-ring (bicyclic) bond motifs is 1. The minimum atomic E-state index is -0.461. The molecule has 0 amide bonds. The van der Waals surface area contributed by atoms with E-state index in [4.69, 9.17) is 4.74 Å². The Bertz CT molecular complexity index is 1340. The van der Waals surface area contributed by atoms with Gasteiger partial charge in [0.05, 0.1) is 5.69 Å². The van der Waals surface area contributed by atoms with Crippen LogP contribution in [0, 0.1) is 25.2 Å². The minimum absolute atomic E-state index is 0.00703. The summed E-state index contributed by atoms with van der Waals surface area (Å²) < 4.78 is 7.36. The van der Waals surface area contributed by atoms with Crippen LogP contribution in [-0.4, -0.2) is 15.7 Å². The van der Waals surface area contributed by atoms with Crippen molar-refractivity contribution in [3.63, 3.8) is 0 Å². The second-order valence-corrected chi connectivity index (χ2v) is 7.28. The first-order valence-corrected chi connectivity index (χ1v) is 9.95. The van der Waals surface area contributed by atoms with E-state index in [1.54, 1.807) is 19.1 Å². The molecule has 31 heavy (non-hydrogen) atoms. The highest BCUT2D eigenvalue weighted by atomic mass is 16.5. The average Bonchev–Trinajstić information content (AvgIpc) is 3.14. The maximum Gasteiger partial charge on any atom is 0.289 e. The number of aromatic nitrogens is 2. The molecule has 0 saturated heterocycles. The molecule has 0 aliphatic heterocycles. The Morgan fingerprint density at radius 2 is 1.81 bits per heavy atom. The predicted octanol–water partition coefficient (Wildman–Crippen LogP) is 5.48. The fourth-order valence-electron chi connectivity index (χ4n) is 3.55. The van der Waals surface area contributed by atoms with Gasteiger partial charge in [0.2, 0.25) is 0 Å². The predicted molar refractivity (Wildman–Crippen MR) is 121 cm³/mol. The fraction of sp³-hybridized carbons (Fsp3) is 0.115. The fourth-order valence-corrected chi connectivity index (χ4v) is 3.55. The highest BCUT2D eigenvalue weighted by Gasteiger charge is 2.16. The van der Waals surface area contributed by atoms with Crippen LogP contribution in [0.15, 0.2) is 78.4 Å². The molecule has 3 aromatic carbocycles. The van der Waals surface area contributed by atoms with Crippen molar-refractivity contribution in [3.05, 3.63) is 101 Å². The number of carbonyl (C=O) groups excluding carboxylic acids is 1. The largest absolute Gasteiger partial charge is 0.488 e. The third kappa shape index (κ3) is 4.24. The molecule has 1 aromatic heterocycles. The number of benzene rings is 3. The monoisotopic (exact) mass is 407 g/mol. The first kappa shape index (κ1) is 20.1. The number of aryl methyl sites for hydroxylation is 2. The molecule has 0 unspecified atom stereocenters. The number of para-hydroxylation sites is 1. The zero-order valence-electron chi connectivity index (χ0n) is 17.4. The van der Waals surface area contributed by atoms with Gasteiger partial charge in [0, 0.05) is 11.3 Å². The number of allylic oxidation sites excluding steroid dienone is 1. The highest BCUT2D eigenvalue weighted by molar-refractivity contribution is 6.03. The molecule has 1 heterocycles. The van der Waals surface area contributed by atoms with Crippen LogP contribution < -0.4 is 4.74 Å². The van der Waals surface area contributed by atoms with Crippen LogP contribution in [0.3, 0.4) is 0 Å². The van der Waals surface area contributed by atoms with E-state index in [1.807, 2.05) is 61.5 Å². The lowest BCUT2D eigenvalue weighted by molar-refractivity contribution is 0.0943. The molecular formula is C26H21N3O2. The van der Waals surface area contributed by atoms with Gasteiger partial charge in [-0.2, -0.15) is 10.4 Å². The van der Waals surface area contributed by atoms with Crippen molar-refractivity contribution >= 4 is 22.8 Å². The smallest absolute Gasteiger partial charge is 0.289 e. The summed E-state index contributed by atoms with van der Waals surface area (Å²) >= 11 is 0. The van der Waals surface area contributed by atoms with E-state index in [0.29, 0.717) is 23.6 Å². The van der Waals surface area contributed by atoms with Crippen LogP contribution in [0.4, 0.5) is 0 Å². The number of hydrogen-bond donors (Lipinski definition) is 0. The quantitative estimate of drug-likeness (QED) is 0.324. The van der Waals surface area contributed by atoms with Crippen molar-refractivity contribution in [2.45, 2.75) is 20.5 Å². The van der Waals surface area contributed by atoms with Gasteiger partial charge in [0.25, 0.3) is 5.91 Å². The number of rotatable bonds is 5. The molecule has 0 aliphatic carbocycles. The summed E-state index contributed by atoms with van der Waals surface area (Å²) in [5.74, 6) is 0.140. The molecule has 5 nitrogen and oxygen atoms in total. The van der Waals surface area contributed by atoms with Gasteiger partial charge in [-0.05, 0) is 48.4 Å². The molecule has 0 radical (unpaired) electrons. The summed E-state index contributed by atoms with van der Waals surface area (Å²) in [5, 5.41) is 16.1. The molecule has 152 valence electrons. The van der Waals surface area contributed by atoms with Crippen molar-refractivity contribution in [3.8, 4) is 11.8 Å². The third-order valence-corrected chi connectivity index (χ3v) is 5.03. The van der Waals surface area contributed by atoms with Crippen LogP contribution in [0.25, 0.3) is 16.8 Å². The normalized spacial score (nSPS) is 11.3. The molecule has 0 bridgehead atoms. The Labute approximate surface area is 180 Å². The van der Waals surface area contributed by atoms with E-state index in [-0.39, 0.29) is 5.57 Å². The lowest BCUT2D eigenvalue weighted by Crippen LogP contribution is -2.15. The minimum Gasteiger partial charge on any atom is -0.488 e. The first-order valence-electron chi connectivity index (χ1n) is 9.95. The Hall–Kier alpha value is -4.17. The molecule has 0 saturated carbocycles. The summed E-state index contributed by atoms with van der Waals surface area (Å²) in [6.07, 6.45) is 1.55. The number of hydrogen-bond acceptors (Lipinski definition) is 4. The van der Waals surface area contributed by atoms with Crippen molar-refractivity contribution in [2.75, 3.05) is 0 Å². The van der Waals surface area contributed by atoms with Gasteiger partial charge in [-0.15, -0.1) is 0 Å². The van der Waals surface area contributed by atoms with Gasteiger partial charge in [-0.25, -0.2) is 4.68 Å². The second-order valence-electron chi connectivity index (χ2n) is 7.28. The maximum absolute atomic E-state index is 12.8. The number of nitrogens with zero attached hydrogens (tertiary/aromatic N) is 3. The van der Waals surface area contributed by atoms with E-state index in [1.165, 1.54) is 4.68 Å². The topological polar surface area (TPSA) is 67.9 Å². The molecule has 0 aliphatic rings. The number of ether oxygens (including phenoxy) is 1. The van der Waals surface area contributed by atoms with Gasteiger partial charge < -0.3 is 4.74 Å². The zero-order valence-corrected chi connectivity index (χ0v) is 17.4. The lowest BCUT2D eigenvalue weighted by atomic mass is 10.1. The van der Waals surface area contributed by atoms with E-state index in [9.17, 15) is 10.1 Å². The van der Waals surface area contributed by atoms with Crippen molar-refractivity contribution < 1.29 is 9.53 Å². The Morgan fingerprint density at radius 3 is 2.58 bits per heavy atom.